The first-order valence-corrected chi connectivity index (χ1v) is 8.53. The van der Waals surface area contributed by atoms with E-state index >= 15 is 0 Å². The summed E-state index contributed by atoms with van der Waals surface area (Å²) in [6, 6.07) is 16.4. The largest absolute Gasteiger partial charge is 0.368 e. The smallest absolute Gasteiger partial charge is 0.261 e. The lowest BCUT2D eigenvalue weighted by molar-refractivity contribution is 0.0880. The van der Waals surface area contributed by atoms with Crippen molar-refractivity contribution in [3.05, 3.63) is 65.2 Å². The minimum absolute atomic E-state index is 0.269. The topological polar surface area (TPSA) is 49.4 Å². The Bertz CT molecular complexity index is 785. The van der Waals surface area contributed by atoms with E-state index in [9.17, 15) is 9.59 Å². The third kappa shape index (κ3) is 2.58. The summed E-state index contributed by atoms with van der Waals surface area (Å²) in [6.07, 6.45) is 4.38. The highest BCUT2D eigenvalue weighted by Crippen LogP contribution is 2.33. The van der Waals surface area contributed by atoms with E-state index in [1.807, 2.05) is 18.2 Å². The number of piperidine rings is 1. The quantitative estimate of drug-likeness (QED) is 0.884. The lowest BCUT2D eigenvalue weighted by atomic mass is 9.93. The number of anilines is 1. The van der Waals surface area contributed by atoms with Crippen LogP contribution in [0.15, 0.2) is 48.5 Å². The molecule has 1 fully saturated rings. The van der Waals surface area contributed by atoms with E-state index < -0.39 is 0 Å². The Morgan fingerprint density at radius 2 is 1.79 bits per heavy atom. The maximum absolute atomic E-state index is 12.2. The number of nitrogens with one attached hydrogen (secondary N) is 1. The average molecular weight is 320 g/mol. The van der Waals surface area contributed by atoms with Crippen molar-refractivity contribution >= 4 is 17.5 Å². The molecule has 1 unspecified atom stereocenters. The Labute approximate surface area is 141 Å². The SMILES string of the molecule is O=C1NC(=O)c2c1cccc2N1CCCCC1Cc1ccccc1. The molecule has 0 saturated carbocycles. The first-order chi connectivity index (χ1) is 11.7. The molecule has 2 aromatic carbocycles. The van der Waals surface area contributed by atoms with Crippen molar-refractivity contribution in [2.75, 3.05) is 11.4 Å². The molecule has 2 aliphatic rings. The fourth-order valence-corrected chi connectivity index (χ4v) is 3.86. The van der Waals surface area contributed by atoms with Gasteiger partial charge in [0.15, 0.2) is 0 Å². The maximum atomic E-state index is 12.2. The summed E-state index contributed by atoms with van der Waals surface area (Å²) in [7, 11) is 0. The van der Waals surface area contributed by atoms with Gasteiger partial charge in [0, 0.05) is 12.6 Å². The molecule has 0 radical (unpaired) electrons. The summed E-state index contributed by atoms with van der Waals surface area (Å²) in [5.41, 5.74) is 3.25. The number of carbonyl (C=O) groups excluding carboxylic acids is 2. The number of carbonyl (C=O) groups is 2. The molecule has 4 nitrogen and oxygen atoms in total. The minimum atomic E-state index is -0.284. The molecular formula is C20H20N2O2. The number of hydrogen-bond donors (Lipinski definition) is 1. The Kier molecular flexibility index (Phi) is 3.81. The van der Waals surface area contributed by atoms with Gasteiger partial charge in [0.25, 0.3) is 11.8 Å². The molecule has 122 valence electrons. The molecule has 0 aromatic heterocycles. The van der Waals surface area contributed by atoms with Crippen LogP contribution >= 0.6 is 0 Å². The van der Waals surface area contributed by atoms with Crippen LogP contribution in [-0.2, 0) is 6.42 Å². The second kappa shape index (κ2) is 6.11. The molecule has 4 heteroatoms. The number of benzene rings is 2. The number of fused-ring (bicyclic) bond motifs is 1. The van der Waals surface area contributed by atoms with Crippen LogP contribution in [0.4, 0.5) is 5.69 Å². The monoisotopic (exact) mass is 320 g/mol. The van der Waals surface area contributed by atoms with Crippen LogP contribution in [0, 0.1) is 0 Å². The van der Waals surface area contributed by atoms with E-state index in [2.05, 4.69) is 34.5 Å². The highest BCUT2D eigenvalue weighted by molar-refractivity contribution is 6.23. The second-order valence-corrected chi connectivity index (χ2v) is 6.52. The zero-order chi connectivity index (χ0) is 16.5. The van der Waals surface area contributed by atoms with Crippen molar-refractivity contribution in [1.82, 2.24) is 5.32 Å². The number of rotatable bonds is 3. The predicted molar refractivity (Wildman–Crippen MR) is 93.4 cm³/mol. The van der Waals surface area contributed by atoms with Crippen molar-refractivity contribution in [2.24, 2.45) is 0 Å². The van der Waals surface area contributed by atoms with Gasteiger partial charge in [0.2, 0.25) is 0 Å². The van der Waals surface area contributed by atoms with E-state index in [-0.39, 0.29) is 11.8 Å². The van der Waals surface area contributed by atoms with Gasteiger partial charge in [-0.05, 0) is 43.4 Å². The lowest BCUT2D eigenvalue weighted by Gasteiger charge is -2.38. The summed E-state index contributed by atoms with van der Waals surface area (Å²) in [5, 5.41) is 2.42. The van der Waals surface area contributed by atoms with E-state index in [0.717, 1.165) is 31.5 Å². The molecule has 24 heavy (non-hydrogen) atoms. The zero-order valence-electron chi connectivity index (χ0n) is 13.5. The normalized spacial score (nSPS) is 20.0. The van der Waals surface area contributed by atoms with Crippen molar-refractivity contribution in [1.29, 1.82) is 0 Å². The Morgan fingerprint density at radius 1 is 0.958 bits per heavy atom. The van der Waals surface area contributed by atoms with Gasteiger partial charge in [-0.15, -0.1) is 0 Å². The number of hydrogen-bond acceptors (Lipinski definition) is 3. The highest BCUT2D eigenvalue weighted by atomic mass is 16.2. The molecule has 2 aromatic rings. The van der Waals surface area contributed by atoms with Gasteiger partial charge in [-0.3, -0.25) is 14.9 Å². The van der Waals surface area contributed by atoms with E-state index in [0.29, 0.717) is 17.2 Å². The molecule has 4 rings (SSSR count). The Morgan fingerprint density at radius 3 is 2.62 bits per heavy atom. The third-order valence-electron chi connectivity index (χ3n) is 4.99. The van der Waals surface area contributed by atoms with Gasteiger partial charge in [-0.25, -0.2) is 0 Å². The number of imide groups is 1. The van der Waals surface area contributed by atoms with Gasteiger partial charge in [0.1, 0.15) is 0 Å². The molecule has 1 atom stereocenters. The van der Waals surface area contributed by atoms with Crippen LogP contribution in [0.5, 0.6) is 0 Å². The standard InChI is InChI=1S/C20H20N2O2/c23-19-16-10-6-11-17(18(16)20(24)21-19)22-12-5-4-9-15(22)13-14-7-2-1-3-8-14/h1-3,6-8,10-11,15H,4-5,9,12-13H2,(H,21,23,24). The first-order valence-electron chi connectivity index (χ1n) is 8.53. The summed E-state index contributed by atoms with van der Waals surface area (Å²) in [6.45, 7) is 0.926. The maximum Gasteiger partial charge on any atom is 0.261 e. The van der Waals surface area contributed by atoms with Gasteiger partial charge in [-0.1, -0.05) is 36.4 Å². The molecular weight excluding hydrogens is 300 g/mol. The van der Waals surface area contributed by atoms with Gasteiger partial charge < -0.3 is 4.90 Å². The molecule has 1 saturated heterocycles. The molecule has 2 amide bonds. The Hall–Kier alpha value is -2.62. The lowest BCUT2D eigenvalue weighted by Crippen LogP contribution is -2.41. The van der Waals surface area contributed by atoms with Gasteiger partial charge in [-0.2, -0.15) is 0 Å². The third-order valence-corrected chi connectivity index (χ3v) is 4.99. The molecule has 1 N–H and O–H groups in total. The highest BCUT2D eigenvalue weighted by Gasteiger charge is 2.33. The van der Waals surface area contributed by atoms with Gasteiger partial charge in [0.05, 0.1) is 16.8 Å². The predicted octanol–water partition coefficient (Wildman–Crippen LogP) is 3.17. The van der Waals surface area contributed by atoms with Crippen molar-refractivity contribution < 1.29 is 9.59 Å². The summed E-state index contributed by atoms with van der Waals surface area (Å²) in [4.78, 5) is 26.5. The van der Waals surface area contributed by atoms with Crippen LogP contribution in [-0.4, -0.2) is 24.4 Å². The van der Waals surface area contributed by atoms with Crippen LogP contribution in [0.3, 0.4) is 0 Å². The first kappa shape index (κ1) is 14.9. The zero-order valence-corrected chi connectivity index (χ0v) is 13.5. The molecule has 0 aliphatic carbocycles. The number of nitrogens with zero attached hydrogens (tertiary/aromatic N) is 1. The van der Waals surface area contributed by atoms with Crippen molar-refractivity contribution in [3.63, 3.8) is 0 Å². The Balaban J connectivity index is 1.69. The van der Waals surface area contributed by atoms with Crippen LogP contribution in [0.2, 0.25) is 0 Å². The minimum Gasteiger partial charge on any atom is -0.368 e. The fraction of sp³-hybridized carbons (Fsp3) is 0.300. The van der Waals surface area contributed by atoms with Crippen LogP contribution < -0.4 is 10.2 Å². The molecule has 0 bridgehead atoms. The van der Waals surface area contributed by atoms with E-state index in [1.165, 1.54) is 12.0 Å². The average Bonchev–Trinajstić information content (AvgIpc) is 2.91. The second-order valence-electron chi connectivity index (χ2n) is 6.52. The molecule has 0 spiro atoms. The summed E-state index contributed by atoms with van der Waals surface area (Å²) < 4.78 is 0. The fourth-order valence-electron chi connectivity index (χ4n) is 3.86. The van der Waals surface area contributed by atoms with Crippen molar-refractivity contribution in [2.45, 2.75) is 31.7 Å². The van der Waals surface area contributed by atoms with E-state index in [4.69, 9.17) is 0 Å². The van der Waals surface area contributed by atoms with Gasteiger partial charge >= 0.3 is 0 Å². The van der Waals surface area contributed by atoms with Crippen LogP contribution in [0.25, 0.3) is 0 Å². The van der Waals surface area contributed by atoms with Crippen molar-refractivity contribution in [3.8, 4) is 0 Å². The van der Waals surface area contributed by atoms with Crippen LogP contribution in [0.1, 0.15) is 45.5 Å². The summed E-state index contributed by atoms with van der Waals surface area (Å²) >= 11 is 0. The number of amides is 2. The molecule has 2 aliphatic heterocycles. The van der Waals surface area contributed by atoms with E-state index in [1.54, 1.807) is 6.07 Å². The summed E-state index contributed by atoms with van der Waals surface area (Å²) in [5.74, 6) is -0.553. The molecule has 2 heterocycles.